The van der Waals surface area contributed by atoms with E-state index in [1.807, 2.05) is 0 Å². The first-order valence-corrected chi connectivity index (χ1v) is 13.7. The van der Waals surface area contributed by atoms with Crippen LogP contribution in [0.5, 0.6) is 11.5 Å². The van der Waals surface area contributed by atoms with Crippen molar-refractivity contribution in [1.82, 2.24) is 15.5 Å². The van der Waals surface area contributed by atoms with Gasteiger partial charge in [-0.1, -0.05) is 24.3 Å². The maximum Gasteiger partial charge on any atom is 0.261 e. The molecule has 3 aromatic rings. The maximum absolute atomic E-state index is 13.8. The van der Waals surface area contributed by atoms with Crippen molar-refractivity contribution < 1.29 is 33.0 Å². The first-order valence-electron chi connectivity index (χ1n) is 12.9. The molecule has 2 aromatic carbocycles. The highest BCUT2D eigenvalue weighted by Crippen LogP contribution is 2.33. The minimum Gasteiger partial charge on any atom is -0.493 e. The lowest BCUT2D eigenvalue weighted by Crippen LogP contribution is -2.48. The number of carbonyl (C=O) groups is 3. The Morgan fingerprint density at radius 3 is 2.50 bits per heavy atom. The minimum atomic E-state index is -1.10. The van der Waals surface area contributed by atoms with Crippen LogP contribution in [0.1, 0.15) is 39.7 Å². The molecule has 11 heteroatoms. The topological polar surface area (TPSA) is 106 Å². The van der Waals surface area contributed by atoms with Gasteiger partial charge in [0.2, 0.25) is 11.8 Å². The summed E-state index contributed by atoms with van der Waals surface area (Å²) in [5, 5.41) is 7.35. The van der Waals surface area contributed by atoms with Crippen LogP contribution in [0.2, 0.25) is 0 Å². The molecular weight excluding hydrogens is 537 g/mol. The summed E-state index contributed by atoms with van der Waals surface area (Å²) in [5.74, 6) is -0.892. The number of halogens is 1. The molecule has 0 saturated carbocycles. The maximum atomic E-state index is 13.8. The molecule has 212 valence electrons. The number of nitrogens with zero attached hydrogens (tertiary/aromatic N) is 1. The normalized spacial score (nSPS) is 15.2. The number of hydrogen-bond donors (Lipinski definition) is 2. The lowest BCUT2D eigenvalue weighted by molar-refractivity contribution is -0.141. The molecule has 0 bridgehead atoms. The van der Waals surface area contributed by atoms with Crippen LogP contribution in [0.3, 0.4) is 0 Å². The molecule has 40 heavy (non-hydrogen) atoms. The molecule has 1 fully saturated rings. The second-order valence-electron chi connectivity index (χ2n) is 9.21. The summed E-state index contributed by atoms with van der Waals surface area (Å²) in [6.45, 7) is 0.566. The Morgan fingerprint density at radius 2 is 1.85 bits per heavy atom. The van der Waals surface area contributed by atoms with Crippen LogP contribution in [0.25, 0.3) is 0 Å². The quantitative estimate of drug-likeness (QED) is 0.345. The third-order valence-electron chi connectivity index (χ3n) is 6.54. The number of benzene rings is 2. The van der Waals surface area contributed by atoms with E-state index in [1.54, 1.807) is 47.8 Å². The number of carbonyl (C=O) groups excluding carboxylic acids is 3. The van der Waals surface area contributed by atoms with Gasteiger partial charge in [-0.2, -0.15) is 0 Å². The van der Waals surface area contributed by atoms with Crippen LogP contribution < -0.4 is 20.1 Å². The number of methoxy groups -OCH3 is 2. The fourth-order valence-electron chi connectivity index (χ4n) is 4.47. The lowest BCUT2D eigenvalue weighted by Gasteiger charge is -2.32. The number of hydrogen-bond acceptors (Lipinski definition) is 7. The molecule has 1 aliphatic rings. The molecule has 1 saturated heterocycles. The molecule has 9 nitrogen and oxygen atoms in total. The Labute approximate surface area is 236 Å². The van der Waals surface area contributed by atoms with Crippen molar-refractivity contribution in [3.05, 3.63) is 81.8 Å². The van der Waals surface area contributed by atoms with E-state index >= 15 is 0 Å². The Morgan fingerprint density at radius 1 is 1.07 bits per heavy atom. The number of amides is 3. The molecule has 0 radical (unpaired) electrons. The summed E-state index contributed by atoms with van der Waals surface area (Å²) in [5.41, 5.74) is 1.08. The molecule has 0 aliphatic carbocycles. The number of rotatable bonds is 12. The Balaban J connectivity index is 1.67. The van der Waals surface area contributed by atoms with Gasteiger partial charge in [0.25, 0.3) is 5.91 Å². The third kappa shape index (κ3) is 7.36. The Kier molecular flexibility index (Phi) is 10.1. The van der Waals surface area contributed by atoms with Crippen LogP contribution in [0, 0.1) is 5.82 Å². The zero-order valence-electron chi connectivity index (χ0n) is 22.4. The number of nitrogens with one attached hydrogen (secondary N) is 2. The van der Waals surface area contributed by atoms with E-state index in [1.165, 1.54) is 42.6 Å². The van der Waals surface area contributed by atoms with Crippen molar-refractivity contribution in [2.45, 2.75) is 31.5 Å². The molecule has 2 atom stereocenters. The van der Waals surface area contributed by atoms with Gasteiger partial charge in [0, 0.05) is 19.7 Å². The highest BCUT2D eigenvalue weighted by atomic mass is 32.1. The van der Waals surface area contributed by atoms with Gasteiger partial charge in [0.05, 0.1) is 31.7 Å². The molecule has 2 N–H and O–H groups in total. The van der Waals surface area contributed by atoms with Gasteiger partial charge in [-0.25, -0.2) is 4.39 Å². The first-order chi connectivity index (χ1) is 19.4. The van der Waals surface area contributed by atoms with Gasteiger partial charge >= 0.3 is 0 Å². The molecule has 0 spiro atoms. The molecule has 2 heterocycles. The van der Waals surface area contributed by atoms with Crippen molar-refractivity contribution in [3.8, 4) is 11.5 Å². The van der Waals surface area contributed by atoms with Crippen LogP contribution in [0.4, 0.5) is 4.39 Å². The second-order valence-corrected chi connectivity index (χ2v) is 10.2. The zero-order valence-corrected chi connectivity index (χ0v) is 23.2. The van der Waals surface area contributed by atoms with Crippen molar-refractivity contribution >= 4 is 29.1 Å². The van der Waals surface area contributed by atoms with Crippen molar-refractivity contribution in [3.63, 3.8) is 0 Å². The average molecular weight is 570 g/mol. The summed E-state index contributed by atoms with van der Waals surface area (Å²) in [6, 6.07) is 13.0. The standard InChI is InChI=1S/C29H32FN3O6S/c1-37-23-12-9-20(15-24(23)38-2)27(29(36)31-16-22-5-3-13-39-22)33(18-19-7-10-21(30)11-8-19)26(34)17-32-28(35)25-6-4-14-40-25/h4,6-12,14-15,22,27H,3,5,13,16-18H2,1-2H3,(H,31,36)(H,32,35)/t22-,27+/m1/s1. The molecule has 3 amide bonds. The summed E-state index contributed by atoms with van der Waals surface area (Å²) in [6.07, 6.45) is 1.63. The van der Waals surface area contributed by atoms with E-state index < -0.39 is 29.6 Å². The van der Waals surface area contributed by atoms with Gasteiger partial charge in [-0.05, 0) is 59.7 Å². The first kappa shape index (κ1) is 29.0. The SMILES string of the molecule is COc1ccc([C@@H](C(=O)NC[C@H]2CCCO2)N(Cc2ccc(F)cc2)C(=O)CNC(=O)c2cccs2)cc1OC. The van der Waals surface area contributed by atoms with E-state index in [2.05, 4.69) is 10.6 Å². The van der Waals surface area contributed by atoms with Crippen molar-refractivity contribution in [2.24, 2.45) is 0 Å². The molecule has 1 aromatic heterocycles. The Hall–Kier alpha value is -3.96. The minimum absolute atomic E-state index is 0.0135. The van der Waals surface area contributed by atoms with Gasteiger partial charge in [0.1, 0.15) is 11.9 Å². The molecular formula is C29H32FN3O6S. The van der Waals surface area contributed by atoms with Gasteiger partial charge in [0.15, 0.2) is 11.5 Å². The largest absolute Gasteiger partial charge is 0.493 e. The van der Waals surface area contributed by atoms with E-state index in [0.29, 0.717) is 34.1 Å². The van der Waals surface area contributed by atoms with Crippen LogP contribution >= 0.6 is 11.3 Å². The summed E-state index contributed by atoms with van der Waals surface area (Å²) in [4.78, 5) is 41.9. The summed E-state index contributed by atoms with van der Waals surface area (Å²) < 4.78 is 30.1. The van der Waals surface area contributed by atoms with Gasteiger partial charge < -0.3 is 29.7 Å². The predicted molar refractivity (Wildman–Crippen MR) is 148 cm³/mol. The predicted octanol–water partition coefficient (Wildman–Crippen LogP) is 3.70. The van der Waals surface area contributed by atoms with Crippen molar-refractivity contribution in [2.75, 3.05) is 33.9 Å². The van der Waals surface area contributed by atoms with Crippen LogP contribution in [-0.2, 0) is 20.9 Å². The van der Waals surface area contributed by atoms with E-state index in [-0.39, 0.29) is 25.7 Å². The van der Waals surface area contributed by atoms with E-state index in [0.717, 1.165) is 12.8 Å². The van der Waals surface area contributed by atoms with Gasteiger partial charge in [-0.3, -0.25) is 14.4 Å². The summed E-state index contributed by atoms with van der Waals surface area (Å²) >= 11 is 1.26. The average Bonchev–Trinajstić information content (AvgIpc) is 3.70. The zero-order chi connectivity index (χ0) is 28.5. The third-order valence-corrected chi connectivity index (χ3v) is 7.41. The monoisotopic (exact) mass is 569 g/mol. The second kappa shape index (κ2) is 13.9. The number of thiophene rings is 1. The molecule has 0 unspecified atom stereocenters. The smallest absolute Gasteiger partial charge is 0.261 e. The van der Waals surface area contributed by atoms with Crippen LogP contribution in [-0.4, -0.2) is 62.6 Å². The Bertz CT molecular complexity index is 1300. The fourth-order valence-corrected chi connectivity index (χ4v) is 5.11. The fraction of sp³-hybridized carbons (Fsp3) is 0.345. The van der Waals surface area contributed by atoms with Crippen molar-refractivity contribution in [1.29, 1.82) is 0 Å². The van der Waals surface area contributed by atoms with Gasteiger partial charge in [-0.15, -0.1) is 11.3 Å². The highest BCUT2D eigenvalue weighted by molar-refractivity contribution is 7.12. The number of ether oxygens (including phenoxy) is 3. The molecule has 1 aliphatic heterocycles. The van der Waals surface area contributed by atoms with E-state index in [9.17, 15) is 18.8 Å². The highest BCUT2D eigenvalue weighted by Gasteiger charge is 2.33. The van der Waals surface area contributed by atoms with Crippen LogP contribution in [0.15, 0.2) is 60.0 Å². The summed E-state index contributed by atoms with van der Waals surface area (Å²) in [7, 11) is 2.99. The molecule has 4 rings (SSSR count). The van der Waals surface area contributed by atoms with E-state index in [4.69, 9.17) is 14.2 Å². The lowest BCUT2D eigenvalue weighted by atomic mass is 10.0.